The number of Topliss-reactive ketones (excluding diaryl/α,β-unsaturated/α-hetero) is 1. The summed E-state index contributed by atoms with van der Waals surface area (Å²) in [4.78, 5) is 12.1. The van der Waals surface area contributed by atoms with E-state index in [0.29, 0.717) is 11.3 Å². The summed E-state index contributed by atoms with van der Waals surface area (Å²) in [7, 11) is 0. The quantitative estimate of drug-likeness (QED) is 0.875. The molecule has 2 aromatic carbocycles. The average molecular weight is 240 g/mol. The van der Waals surface area contributed by atoms with Crippen molar-refractivity contribution in [3.63, 3.8) is 0 Å². The standard InChI is InChI=1S/C15H12O3/c16-14-12-8-4-5-9-13(12)18-15(14,17)10-11-6-2-1-3-7-11/h1-9,17H,10H2/t15-/m1/s1. The fourth-order valence-corrected chi connectivity index (χ4v) is 2.17. The molecule has 0 saturated heterocycles. The molecule has 3 nitrogen and oxygen atoms in total. The van der Waals surface area contributed by atoms with E-state index in [-0.39, 0.29) is 12.2 Å². The van der Waals surface area contributed by atoms with E-state index in [1.165, 1.54) is 0 Å². The molecule has 0 spiro atoms. The number of ether oxygens (including phenoxy) is 1. The first-order valence-electron chi connectivity index (χ1n) is 5.78. The van der Waals surface area contributed by atoms with Gasteiger partial charge in [-0.2, -0.15) is 0 Å². The average Bonchev–Trinajstić information content (AvgIpc) is 2.63. The number of fused-ring (bicyclic) bond motifs is 1. The molecule has 0 aromatic heterocycles. The molecule has 0 radical (unpaired) electrons. The molecule has 0 bridgehead atoms. The van der Waals surface area contributed by atoms with Crippen LogP contribution in [0.2, 0.25) is 0 Å². The molecule has 1 N–H and O–H groups in total. The molecular formula is C15H12O3. The van der Waals surface area contributed by atoms with Gasteiger partial charge in [0.1, 0.15) is 5.75 Å². The van der Waals surface area contributed by atoms with E-state index in [4.69, 9.17) is 4.74 Å². The maximum Gasteiger partial charge on any atom is 0.276 e. The third-order valence-electron chi connectivity index (χ3n) is 3.05. The van der Waals surface area contributed by atoms with Crippen molar-refractivity contribution in [1.29, 1.82) is 0 Å². The molecule has 18 heavy (non-hydrogen) atoms. The van der Waals surface area contributed by atoms with Crippen molar-refractivity contribution in [2.24, 2.45) is 0 Å². The van der Waals surface area contributed by atoms with Gasteiger partial charge in [-0.3, -0.25) is 4.79 Å². The van der Waals surface area contributed by atoms with Crippen molar-refractivity contribution in [1.82, 2.24) is 0 Å². The molecule has 3 rings (SSSR count). The Labute approximate surface area is 105 Å². The normalized spacial score (nSPS) is 21.5. The van der Waals surface area contributed by atoms with Crippen LogP contribution in [0.15, 0.2) is 54.6 Å². The zero-order valence-electron chi connectivity index (χ0n) is 9.67. The van der Waals surface area contributed by atoms with Crippen LogP contribution in [-0.2, 0) is 6.42 Å². The van der Waals surface area contributed by atoms with Crippen molar-refractivity contribution >= 4 is 5.78 Å². The smallest absolute Gasteiger partial charge is 0.276 e. The number of carbonyl (C=O) groups excluding carboxylic acids is 1. The highest BCUT2D eigenvalue weighted by molar-refractivity contribution is 6.06. The van der Waals surface area contributed by atoms with E-state index in [1.54, 1.807) is 24.3 Å². The summed E-state index contributed by atoms with van der Waals surface area (Å²) < 4.78 is 5.42. The van der Waals surface area contributed by atoms with Crippen LogP contribution >= 0.6 is 0 Å². The molecule has 0 fully saturated rings. The first-order valence-corrected chi connectivity index (χ1v) is 5.78. The first-order chi connectivity index (χ1) is 8.69. The number of benzene rings is 2. The van der Waals surface area contributed by atoms with Crippen LogP contribution in [0.4, 0.5) is 0 Å². The molecule has 0 amide bonds. The third-order valence-corrected chi connectivity index (χ3v) is 3.05. The van der Waals surface area contributed by atoms with E-state index in [1.807, 2.05) is 30.3 Å². The van der Waals surface area contributed by atoms with Crippen LogP contribution in [0.3, 0.4) is 0 Å². The van der Waals surface area contributed by atoms with Gasteiger partial charge < -0.3 is 9.84 Å². The Balaban J connectivity index is 1.93. The molecule has 1 aliphatic heterocycles. The Morgan fingerprint density at radius 2 is 1.67 bits per heavy atom. The minimum Gasteiger partial charge on any atom is -0.453 e. The number of aliphatic hydroxyl groups is 1. The number of rotatable bonds is 2. The van der Waals surface area contributed by atoms with Gasteiger partial charge >= 0.3 is 0 Å². The second-order valence-electron chi connectivity index (χ2n) is 4.37. The van der Waals surface area contributed by atoms with Crippen molar-refractivity contribution in [3.05, 3.63) is 65.7 Å². The van der Waals surface area contributed by atoms with Gasteiger partial charge in [0.25, 0.3) is 5.79 Å². The van der Waals surface area contributed by atoms with Crippen molar-refractivity contribution in [2.75, 3.05) is 0 Å². The summed E-state index contributed by atoms with van der Waals surface area (Å²) in [5.41, 5.74) is 1.30. The molecule has 0 unspecified atom stereocenters. The highest BCUT2D eigenvalue weighted by Gasteiger charge is 2.46. The Hall–Kier alpha value is -2.13. The Morgan fingerprint density at radius 3 is 2.39 bits per heavy atom. The summed E-state index contributed by atoms with van der Waals surface area (Å²) in [6.07, 6.45) is 0.154. The lowest BCUT2D eigenvalue weighted by Crippen LogP contribution is -2.42. The number of carbonyl (C=O) groups is 1. The van der Waals surface area contributed by atoms with Crippen LogP contribution in [0.25, 0.3) is 0 Å². The third kappa shape index (κ3) is 1.69. The van der Waals surface area contributed by atoms with Crippen molar-refractivity contribution in [2.45, 2.75) is 12.2 Å². The van der Waals surface area contributed by atoms with Crippen molar-refractivity contribution in [3.8, 4) is 5.75 Å². The number of para-hydroxylation sites is 1. The molecule has 1 atom stereocenters. The van der Waals surface area contributed by atoms with E-state index >= 15 is 0 Å². The monoisotopic (exact) mass is 240 g/mol. The number of hydrogen-bond donors (Lipinski definition) is 1. The topological polar surface area (TPSA) is 46.5 Å². The van der Waals surface area contributed by atoms with Gasteiger partial charge in [0.2, 0.25) is 5.78 Å². The van der Waals surface area contributed by atoms with Gasteiger partial charge in [-0.15, -0.1) is 0 Å². The van der Waals surface area contributed by atoms with Gasteiger partial charge in [0.05, 0.1) is 5.56 Å². The lowest BCUT2D eigenvalue weighted by Gasteiger charge is -2.20. The molecule has 90 valence electrons. The number of hydrogen-bond acceptors (Lipinski definition) is 3. The van der Waals surface area contributed by atoms with E-state index in [9.17, 15) is 9.90 Å². The van der Waals surface area contributed by atoms with Crippen LogP contribution in [-0.4, -0.2) is 16.7 Å². The van der Waals surface area contributed by atoms with Crippen molar-refractivity contribution < 1.29 is 14.6 Å². The van der Waals surface area contributed by atoms with Gasteiger partial charge in [-0.1, -0.05) is 42.5 Å². The fraction of sp³-hybridized carbons (Fsp3) is 0.133. The fourth-order valence-electron chi connectivity index (χ4n) is 2.17. The van der Waals surface area contributed by atoms with Crippen LogP contribution in [0.5, 0.6) is 5.75 Å². The number of ketones is 1. The summed E-state index contributed by atoms with van der Waals surface area (Å²) >= 11 is 0. The molecule has 3 heteroatoms. The van der Waals surface area contributed by atoms with E-state index in [0.717, 1.165) is 5.56 Å². The highest BCUT2D eigenvalue weighted by atomic mass is 16.6. The zero-order chi connectivity index (χ0) is 12.6. The maximum absolute atomic E-state index is 12.1. The summed E-state index contributed by atoms with van der Waals surface area (Å²) in [5.74, 6) is -1.70. The molecule has 0 aliphatic carbocycles. The lowest BCUT2D eigenvalue weighted by molar-refractivity contribution is -0.0888. The molecule has 1 heterocycles. The van der Waals surface area contributed by atoms with E-state index in [2.05, 4.69) is 0 Å². The van der Waals surface area contributed by atoms with Crippen LogP contribution in [0, 0.1) is 0 Å². The lowest BCUT2D eigenvalue weighted by atomic mass is 9.99. The summed E-state index contributed by atoms with van der Waals surface area (Å²) in [6.45, 7) is 0. The highest BCUT2D eigenvalue weighted by Crippen LogP contribution is 2.35. The van der Waals surface area contributed by atoms with Gasteiger partial charge in [0.15, 0.2) is 0 Å². The Bertz CT molecular complexity index is 592. The predicted octanol–water partition coefficient (Wildman–Crippen LogP) is 2.19. The maximum atomic E-state index is 12.1. The van der Waals surface area contributed by atoms with Gasteiger partial charge in [0, 0.05) is 6.42 Å². The van der Waals surface area contributed by atoms with Gasteiger partial charge in [-0.25, -0.2) is 0 Å². The second kappa shape index (κ2) is 3.96. The van der Waals surface area contributed by atoms with Gasteiger partial charge in [-0.05, 0) is 17.7 Å². The second-order valence-corrected chi connectivity index (χ2v) is 4.37. The first kappa shape index (κ1) is 11.0. The van der Waals surface area contributed by atoms with E-state index < -0.39 is 5.79 Å². The molecule has 2 aromatic rings. The minimum atomic E-state index is -1.77. The molecule has 1 aliphatic rings. The SMILES string of the molecule is O=C1c2ccccc2O[C@]1(O)Cc1ccccc1. The Kier molecular flexibility index (Phi) is 2.42. The van der Waals surface area contributed by atoms with Crippen LogP contribution < -0.4 is 4.74 Å². The summed E-state index contributed by atoms with van der Waals surface area (Å²) in [6, 6.07) is 16.2. The minimum absolute atomic E-state index is 0.154. The largest absolute Gasteiger partial charge is 0.453 e. The molecular weight excluding hydrogens is 228 g/mol. The van der Waals surface area contributed by atoms with Crippen LogP contribution in [0.1, 0.15) is 15.9 Å². The molecule has 0 saturated carbocycles. The zero-order valence-corrected chi connectivity index (χ0v) is 9.67. The predicted molar refractivity (Wildman–Crippen MR) is 66.5 cm³/mol. The Morgan fingerprint density at radius 1 is 1.00 bits per heavy atom. The summed E-state index contributed by atoms with van der Waals surface area (Å²) in [5, 5.41) is 10.4.